The second-order valence-electron chi connectivity index (χ2n) is 20.7. The predicted molar refractivity (Wildman–Crippen MR) is 327 cm³/mol. The third-order valence-corrected chi connectivity index (χ3v) is 23.7. The zero-order chi connectivity index (χ0) is 53.7. The van der Waals surface area contributed by atoms with E-state index in [4.69, 9.17) is 0 Å². The molecule has 0 bridgehead atoms. The number of hydrogen-bond donors (Lipinski definition) is 0. The van der Waals surface area contributed by atoms with Gasteiger partial charge in [0.25, 0.3) is 0 Å². The lowest BCUT2D eigenvalue weighted by molar-refractivity contribution is 0.582. The van der Waals surface area contributed by atoms with Gasteiger partial charge in [0, 0.05) is 34.1 Å². The fourth-order valence-electron chi connectivity index (χ4n) is 11.7. The molecule has 10 aromatic carbocycles. The van der Waals surface area contributed by atoms with Crippen molar-refractivity contribution in [3.63, 3.8) is 0 Å². The fourth-order valence-corrected chi connectivity index (χ4v) is 21.2. The van der Waals surface area contributed by atoms with Gasteiger partial charge in [-0.25, -0.2) is 0 Å². The van der Waals surface area contributed by atoms with Crippen molar-refractivity contribution in [2.45, 2.75) is 41.5 Å². The molecule has 0 aliphatic carbocycles. The molecule has 3 heterocycles. The summed E-state index contributed by atoms with van der Waals surface area (Å²) in [7, 11) is -12.9. The lowest BCUT2D eigenvalue weighted by atomic mass is 10.2. The maximum atomic E-state index is 18.3. The van der Waals surface area contributed by atoms with Crippen LogP contribution in [-0.2, 0) is 13.7 Å². The van der Waals surface area contributed by atoms with Crippen molar-refractivity contribution in [2.24, 2.45) is 0 Å². The van der Waals surface area contributed by atoms with E-state index in [0.29, 0.717) is 15.9 Å². The fraction of sp³-hybridized carbons (Fsp3) is 0.0909. The molecule has 0 spiro atoms. The summed E-state index contributed by atoms with van der Waals surface area (Å²) < 4.78 is 66.9. The van der Waals surface area contributed by atoms with Crippen LogP contribution in [0, 0.1) is 41.5 Å². The minimum atomic E-state index is -4.30. The molecule has 0 unspecified atom stereocenters. The largest absolute Gasteiger partial charge is 0.301 e. The van der Waals surface area contributed by atoms with Crippen molar-refractivity contribution in [3.05, 3.63) is 270 Å². The highest BCUT2D eigenvalue weighted by atomic mass is 31.2. The predicted octanol–water partition coefficient (Wildman–Crippen LogP) is 18.0. The summed E-state index contributed by atoms with van der Waals surface area (Å²) in [5, 5.41) is 1.06. The normalized spacial score (nSPS) is 15.6. The smallest absolute Gasteiger partial charge is 0.270 e. The van der Waals surface area contributed by atoms with Crippen LogP contribution in [0.4, 0.5) is 68.2 Å². The van der Waals surface area contributed by atoms with Gasteiger partial charge < -0.3 is 0 Å². The molecule has 0 fully saturated rings. The van der Waals surface area contributed by atoms with Gasteiger partial charge in [0.15, 0.2) is 0 Å². The summed E-state index contributed by atoms with van der Waals surface area (Å²) in [6, 6.07) is 78.4. The van der Waals surface area contributed by atoms with Crippen LogP contribution >= 0.6 is 22.3 Å². The molecule has 0 saturated carbocycles. The van der Waals surface area contributed by atoms with E-state index in [1.165, 1.54) is 0 Å². The van der Waals surface area contributed by atoms with E-state index >= 15 is 13.7 Å². The van der Waals surface area contributed by atoms with E-state index in [1.54, 1.807) is 0 Å². The molecular weight excluding hydrogens is 1020 g/mol. The van der Waals surface area contributed by atoms with Crippen LogP contribution in [0.3, 0.4) is 0 Å². The Balaban J connectivity index is 1.21. The summed E-state index contributed by atoms with van der Waals surface area (Å²) in [4.78, 5) is 0. The molecular formula is C66H57N6O3P3. The minimum Gasteiger partial charge on any atom is -0.270 e. The molecule has 384 valence electrons. The topological polar surface area (TPSA) is 70.7 Å². The average molecular weight is 1080 g/mol. The second kappa shape index (κ2) is 18.7. The van der Waals surface area contributed by atoms with Crippen LogP contribution in [-0.4, -0.2) is 0 Å². The van der Waals surface area contributed by atoms with Gasteiger partial charge in [-0.3, -0.25) is 41.7 Å². The van der Waals surface area contributed by atoms with Gasteiger partial charge in [0.2, 0.25) is 0 Å². The Morgan fingerprint density at radius 1 is 0.218 bits per heavy atom. The zero-order valence-corrected chi connectivity index (χ0v) is 46.9. The van der Waals surface area contributed by atoms with Gasteiger partial charge in [-0.2, -0.15) is 0 Å². The first-order valence-electron chi connectivity index (χ1n) is 26.2. The molecule has 0 saturated heterocycles. The third kappa shape index (κ3) is 7.63. The van der Waals surface area contributed by atoms with E-state index in [-0.39, 0.29) is 0 Å². The summed E-state index contributed by atoms with van der Waals surface area (Å²) in [6.45, 7) is 12.2. The summed E-state index contributed by atoms with van der Waals surface area (Å²) in [5.74, 6) is 0. The molecule has 0 radical (unpaired) electrons. The number of nitrogens with zero attached hydrogens (tertiary/aromatic N) is 6. The van der Waals surface area contributed by atoms with Crippen molar-refractivity contribution in [1.82, 2.24) is 0 Å². The van der Waals surface area contributed by atoms with Crippen LogP contribution in [0.5, 0.6) is 0 Å². The summed E-state index contributed by atoms with van der Waals surface area (Å²) in [5.41, 5.74) is 14.7. The van der Waals surface area contributed by atoms with Crippen LogP contribution in [0.2, 0.25) is 0 Å². The van der Waals surface area contributed by atoms with Crippen molar-refractivity contribution in [1.29, 1.82) is 0 Å². The van der Waals surface area contributed by atoms with Crippen LogP contribution in [0.15, 0.2) is 237 Å². The SMILES string of the molecule is Cc1cccc(N2c3ccccc3N(c3cccc(C)c3)P2(=O)c2cc(P3(=O)N(c4cccc(C)c4)c4ccccc4N3c3cccc(C)c3)cc(P3(=O)N(c4cccc(C)c4)c4ccccc4N3c3cccc(C)c3)c2)c1. The number of fused-ring (bicyclic) bond motifs is 3. The van der Waals surface area contributed by atoms with E-state index in [9.17, 15) is 0 Å². The molecule has 10 aromatic rings. The average Bonchev–Trinajstić information content (AvgIpc) is 2.83. The molecule has 0 atom stereocenters. The monoisotopic (exact) mass is 1070 g/mol. The van der Waals surface area contributed by atoms with Crippen molar-refractivity contribution < 1.29 is 13.7 Å². The maximum Gasteiger partial charge on any atom is 0.301 e. The Kier molecular flexibility index (Phi) is 11.8. The molecule has 3 aliphatic rings. The van der Waals surface area contributed by atoms with Gasteiger partial charge in [-0.05, 0) is 202 Å². The maximum absolute atomic E-state index is 18.3. The number of benzene rings is 10. The first-order chi connectivity index (χ1) is 37.8. The van der Waals surface area contributed by atoms with Crippen molar-refractivity contribution in [3.8, 4) is 0 Å². The first-order valence-corrected chi connectivity index (χ1v) is 31.1. The van der Waals surface area contributed by atoms with E-state index in [0.717, 1.165) is 102 Å². The van der Waals surface area contributed by atoms with Gasteiger partial charge in [-0.15, -0.1) is 0 Å². The van der Waals surface area contributed by atoms with Gasteiger partial charge in [0.1, 0.15) is 0 Å². The third-order valence-electron chi connectivity index (χ3n) is 15.0. The van der Waals surface area contributed by atoms with E-state index in [1.807, 2.05) is 270 Å². The number of hydrogen-bond acceptors (Lipinski definition) is 3. The molecule has 9 nitrogen and oxygen atoms in total. The molecule has 12 heteroatoms. The first kappa shape index (κ1) is 49.3. The Morgan fingerprint density at radius 2 is 0.385 bits per heavy atom. The van der Waals surface area contributed by atoms with Crippen LogP contribution < -0.4 is 43.9 Å². The number of para-hydroxylation sites is 6. The quantitative estimate of drug-likeness (QED) is 0.131. The summed E-state index contributed by atoms with van der Waals surface area (Å²) in [6.07, 6.45) is 0. The van der Waals surface area contributed by atoms with Crippen LogP contribution in [0.1, 0.15) is 33.4 Å². The van der Waals surface area contributed by atoms with Crippen molar-refractivity contribution in [2.75, 3.05) is 28.0 Å². The molecule has 78 heavy (non-hydrogen) atoms. The molecule has 0 aromatic heterocycles. The Morgan fingerprint density at radius 3 is 0.538 bits per heavy atom. The zero-order valence-electron chi connectivity index (χ0n) is 44.3. The summed E-state index contributed by atoms with van der Waals surface area (Å²) >= 11 is 0. The highest BCUT2D eigenvalue weighted by molar-refractivity contribution is 7.79. The Labute approximate surface area is 457 Å². The van der Waals surface area contributed by atoms with E-state index < -0.39 is 22.3 Å². The Hall–Kier alpha value is -8.31. The molecule has 3 aliphatic heterocycles. The van der Waals surface area contributed by atoms with E-state index in [2.05, 4.69) is 36.4 Å². The molecule has 0 N–H and O–H groups in total. The van der Waals surface area contributed by atoms with Gasteiger partial charge in [0.05, 0.1) is 50.0 Å². The van der Waals surface area contributed by atoms with Gasteiger partial charge >= 0.3 is 22.3 Å². The van der Waals surface area contributed by atoms with Crippen molar-refractivity contribution >= 4 is 106 Å². The van der Waals surface area contributed by atoms with Crippen LogP contribution in [0.25, 0.3) is 0 Å². The number of aryl methyl sites for hydroxylation is 6. The highest BCUT2D eigenvalue weighted by Crippen LogP contribution is 2.75. The minimum absolute atomic E-state index is 0.355. The lowest BCUT2D eigenvalue weighted by Crippen LogP contribution is -2.37. The van der Waals surface area contributed by atoms with Gasteiger partial charge in [-0.1, -0.05) is 109 Å². The number of anilines is 12. The molecule has 0 amide bonds. The standard InChI is InChI=1S/C66H57N6O3P3/c1-46-19-13-25-52(37-46)67-61-31-7-8-32-62(61)68(53-26-14-20-47(2)38-53)76(67,73)58-43-59(77(74)69(54-27-15-21-48(3)39-54)63-33-9-10-34-64(63)70(77)55-28-16-22-49(4)40-55)45-60(44-58)78(75)71(56-29-17-23-50(5)41-56)65-35-11-12-36-66(65)72(78)57-30-18-24-51(6)42-57/h7-45H,1-6H3. The lowest BCUT2D eigenvalue weighted by Gasteiger charge is -2.38. The highest BCUT2D eigenvalue weighted by Gasteiger charge is 2.56. The second-order valence-corrected chi connectivity index (χ2v) is 27.9. The number of rotatable bonds is 9. The molecule has 13 rings (SSSR count). The Bertz CT molecular complexity index is 3550.